The van der Waals surface area contributed by atoms with Crippen molar-refractivity contribution in [2.45, 2.75) is 40.7 Å². The predicted molar refractivity (Wildman–Crippen MR) is 84.2 cm³/mol. The average molecular weight is 280 g/mol. The van der Waals surface area contributed by atoms with Crippen molar-refractivity contribution in [3.63, 3.8) is 0 Å². The third-order valence-electron chi connectivity index (χ3n) is 3.46. The summed E-state index contributed by atoms with van der Waals surface area (Å²) in [7, 11) is 0. The number of nitrogens with zero attached hydrogens (tertiary/aromatic N) is 1. The largest absolute Gasteiger partial charge is 0.329 e. The van der Waals surface area contributed by atoms with Crippen molar-refractivity contribution < 1.29 is 4.39 Å². The molecule has 3 heteroatoms. The lowest BCUT2D eigenvalue weighted by molar-refractivity contribution is 0.159. The van der Waals surface area contributed by atoms with Crippen LogP contribution in [0.3, 0.4) is 0 Å². The Morgan fingerprint density at radius 2 is 1.65 bits per heavy atom. The fourth-order valence-corrected chi connectivity index (χ4v) is 2.71. The van der Waals surface area contributed by atoms with Gasteiger partial charge in [-0.2, -0.15) is 0 Å². The molecule has 0 aliphatic carbocycles. The van der Waals surface area contributed by atoms with E-state index in [0.717, 1.165) is 24.2 Å². The second kappa shape index (κ2) is 7.75. The molecule has 2 N–H and O–H groups in total. The average Bonchev–Trinajstić information content (AvgIpc) is 2.32. The Morgan fingerprint density at radius 3 is 2.10 bits per heavy atom. The predicted octanol–water partition coefficient (Wildman–Crippen LogP) is 3.75. The van der Waals surface area contributed by atoms with Crippen LogP contribution in [0.15, 0.2) is 18.2 Å². The minimum absolute atomic E-state index is 0.0931. The summed E-state index contributed by atoms with van der Waals surface area (Å²) < 4.78 is 13.6. The van der Waals surface area contributed by atoms with E-state index in [1.807, 2.05) is 13.0 Å². The van der Waals surface area contributed by atoms with E-state index in [-0.39, 0.29) is 11.9 Å². The van der Waals surface area contributed by atoms with Crippen molar-refractivity contribution in [1.29, 1.82) is 0 Å². The fraction of sp³-hybridized carbons (Fsp3) is 0.647. The van der Waals surface area contributed by atoms with Crippen LogP contribution in [-0.4, -0.2) is 24.5 Å². The van der Waals surface area contributed by atoms with Gasteiger partial charge in [-0.3, -0.25) is 4.90 Å². The van der Waals surface area contributed by atoms with Gasteiger partial charge in [0, 0.05) is 25.7 Å². The molecule has 1 unspecified atom stereocenters. The van der Waals surface area contributed by atoms with Crippen LogP contribution >= 0.6 is 0 Å². The summed E-state index contributed by atoms with van der Waals surface area (Å²) in [4.78, 5) is 2.40. The Balaban J connectivity index is 3.07. The van der Waals surface area contributed by atoms with Crippen LogP contribution in [-0.2, 0) is 0 Å². The normalized spacial score (nSPS) is 13.5. The first-order chi connectivity index (χ1) is 9.35. The summed E-state index contributed by atoms with van der Waals surface area (Å²) in [6.07, 6.45) is 0. The molecule has 0 saturated heterocycles. The molecule has 2 nitrogen and oxygen atoms in total. The number of nitrogens with two attached hydrogens (primary N) is 1. The first kappa shape index (κ1) is 17.1. The molecule has 0 aliphatic rings. The van der Waals surface area contributed by atoms with Gasteiger partial charge in [0.15, 0.2) is 0 Å². The van der Waals surface area contributed by atoms with E-state index in [0.29, 0.717) is 18.4 Å². The molecule has 114 valence electrons. The molecule has 1 atom stereocenters. The second-order valence-electron chi connectivity index (χ2n) is 6.49. The Morgan fingerprint density at radius 1 is 1.10 bits per heavy atom. The minimum atomic E-state index is -0.182. The molecule has 1 aromatic rings. The molecule has 0 saturated carbocycles. The van der Waals surface area contributed by atoms with Gasteiger partial charge in [0.1, 0.15) is 5.82 Å². The monoisotopic (exact) mass is 280 g/mol. The van der Waals surface area contributed by atoms with E-state index >= 15 is 0 Å². The molecule has 0 radical (unpaired) electrons. The summed E-state index contributed by atoms with van der Waals surface area (Å²) in [5.74, 6) is 0.950. The molecule has 1 rings (SSSR count). The zero-order valence-electron chi connectivity index (χ0n) is 13.5. The first-order valence-corrected chi connectivity index (χ1v) is 7.55. The number of rotatable bonds is 7. The summed E-state index contributed by atoms with van der Waals surface area (Å²) in [6.45, 7) is 13.3. The van der Waals surface area contributed by atoms with Gasteiger partial charge in [0.05, 0.1) is 0 Å². The highest BCUT2D eigenvalue weighted by Gasteiger charge is 2.22. The summed E-state index contributed by atoms with van der Waals surface area (Å²) >= 11 is 0. The van der Waals surface area contributed by atoms with Gasteiger partial charge < -0.3 is 5.73 Å². The summed E-state index contributed by atoms with van der Waals surface area (Å²) in [5, 5.41) is 0. The Kier molecular flexibility index (Phi) is 6.63. The number of hydrogen-bond acceptors (Lipinski definition) is 2. The third-order valence-corrected chi connectivity index (χ3v) is 3.46. The van der Waals surface area contributed by atoms with E-state index in [9.17, 15) is 4.39 Å². The van der Waals surface area contributed by atoms with Crippen LogP contribution in [0.25, 0.3) is 0 Å². The molecule has 0 bridgehead atoms. The van der Waals surface area contributed by atoms with Gasteiger partial charge in [-0.15, -0.1) is 0 Å². The van der Waals surface area contributed by atoms with Gasteiger partial charge in [0.25, 0.3) is 0 Å². The second-order valence-corrected chi connectivity index (χ2v) is 6.49. The molecule has 0 spiro atoms. The smallest absolute Gasteiger partial charge is 0.123 e. The van der Waals surface area contributed by atoms with Crippen molar-refractivity contribution in [1.82, 2.24) is 4.90 Å². The number of halogens is 1. The Labute approximate surface area is 123 Å². The fourth-order valence-electron chi connectivity index (χ4n) is 2.71. The van der Waals surface area contributed by atoms with Crippen LogP contribution in [0.1, 0.15) is 44.9 Å². The standard InChI is InChI=1S/C17H29FN2/c1-12(2)10-20(11-13(3)4)17(9-19)16-8-15(18)7-6-14(16)5/h6-8,12-13,17H,9-11,19H2,1-5H3. The molecule has 0 aromatic heterocycles. The Hall–Kier alpha value is -0.930. The molecule has 0 amide bonds. The van der Waals surface area contributed by atoms with Gasteiger partial charge in [0.2, 0.25) is 0 Å². The van der Waals surface area contributed by atoms with Crippen LogP contribution in [0, 0.1) is 24.6 Å². The van der Waals surface area contributed by atoms with Crippen LogP contribution in [0.2, 0.25) is 0 Å². The lowest BCUT2D eigenvalue weighted by Gasteiger charge is -2.34. The maximum absolute atomic E-state index is 13.6. The highest BCUT2D eigenvalue weighted by atomic mass is 19.1. The van der Waals surface area contributed by atoms with E-state index in [1.54, 1.807) is 6.07 Å². The lowest BCUT2D eigenvalue weighted by atomic mass is 9.97. The maximum atomic E-state index is 13.6. The van der Waals surface area contributed by atoms with Crippen molar-refractivity contribution >= 4 is 0 Å². The third kappa shape index (κ3) is 4.88. The minimum Gasteiger partial charge on any atom is -0.329 e. The molecular weight excluding hydrogens is 251 g/mol. The molecular formula is C17H29FN2. The first-order valence-electron chi connectivity index (χ1n) is 7.55. The molecule has 0 fully saturated rings. The number of aryl methyl sites for hydroxylation is 1. The molecule has 0 aliphatic heterocycles. The van der Waals surface area contributed by atoms with Gasteiger partial charge in [-0.25, -0.2) is 4.39 Å². The van der Waals surface area contributed by atoms with Crippen LogP contribution < -0.4 is 5.73 Å². The van der Waals surface area contributed by atoms with Gasteiger partial charge >= 0.3 is 0 Å². The zero-order chi connectivity index (χ0) is 15.3. The summed E-state index contributed by atoms with van der Waals surface area (Å²) in [5.41, 5.74) is 8.14. The topological polar surface area (TPSA) is 29.3 Å². The van der Waals surface area contributed by atoms with E-state index in [2.05, 4.69) is 32.6 Å². The van der Waals surface area contributed by atoms with Crippen molar-refractivity contribution in [2.24, 2.45) is 17.6 Å². The maximum Gasteiger partial charge on any atom is 0.123 e. The van der Waals surface area contributed by atoms with Crippen molar-refractivity contribution in [2.75, 3.05) is 19.6 Å². The van der Waals surface area contributed by atoms with Gasteiger partial charge in [-0.1, -0.05) is 33.8 Å². The van der Waals surface area contributed by atoms with Crippen LogP contribution in [0.5, 0.6) is 0 Å². The quantitative estimate of drug-likeness (QED) is 0.824. The van der Waals surface area contributed by atoms with Crippen molar-refractivity contribution in [3.8, 4) is 0 Å². The van der Waals surface area contributed by atoms with E-state index in [1.165, 1.54) is 6.07 Å². The highest BCUT2D eigenvalue weighted by Crippen LogP contribution is 2.25. The molecule has 20 heavy (non-hydrogen) atoms. The lowest BCUT2D eigenvalue weighted by Crippen LogP contribution is -2.39. The summed E-state index contributed by atoms with van der Waals surface area (Å²) in [6, 6.07) is 5.09. The van der Waals surface area contributed by atoms with Gasteiger partial charge in [-0.05, 0) is 42.0 Å². The molecule has 1 aromatic carbocycles. The molecule has 0 heterocycles. The van der Waals surface area contributed by atoms with Crippen LogP contribution in [0.4, 0.5) is 4.39 Å². The van der Waals surface area contributed by atoms with Crippen molar-refractivity contribution in [3.05, 3.63) is 35.1 Å². The highest BCUT2D eigenvalue weighted by molar-refractivity contribution is 5.30. The van der Waals surface area contributed by atoms with E-state index < -0.39 is 0 Å². The SMILES string of the molecule is Cc1ccc(F)cc1C(CN)N(CC(C)C)CC(C)C. The van der Waals surface area contributed by atoms with E-state index in [4.69, 9.17) is 5.73 Å². The zero-order valence-corrected chi connectivity index (χ0v) is 13.5. The number of hydrogen-bond donors (Lipinski definition) is 1. The Bertz CT molecular complexity index is 405. The number of benzene rings is 1.